The van der Waals surface area contributed by atoms with Crippen molar-refractivity contribution in [1.82, 2.24) is 14.9 Å². The zero-order valence-corrected chi connectivity index (χ0v) is 14.2. The van der Waals surface area contributed by atoms with Crippen LogP contribution >= 0.6 is 11.8 Å². The molecule has 1 aromatic heterocycles. The Bertz CT molecular complexity index is 757. The molecule has 0 unspecified atom stereocenters. The Morgan fingerprint density at radius 3 is 3.08 bits per heavy atom. The third-order valence-corrected chi connectivity index (χ3v) is 5.22. The summed E-state index contributed by atoms with van der Waals surface area (Å²) in [5.74, 6) is 1.49. The molecule has 2 aromatic rings. The number of carbonyl (C=O) groups is 1. The minimum atomic E-state index is -0.195. The largest absolute Gasteiger partial charge is 0.454 e. The summed E-state index contributed by atoms with van der Waals surface area (Å²) in [7, 11) is 0. The maximum absolute atomic E-state index is 12.3. The normalized spacial score (nSPS) is 16.9. The minimum Gasteiger partial charge on any atom is -0.454 e. The van der Waals surface area contributed by atoms with Crippen LogP contribution in [0.3, 0.4) is 0 Å². The topological polar surface area (TPSA) is 65.4 Å². The highest BCUT2D eigenvalue weighted by molar-refractivity contribution is 8.00. The molecule has 1 fully saturated rings. The molecule has 0 saturated heterocycles. The summed E-state index contributed by atoms with van der Waals surface area (Å²) in [6.07, 6.45) is 6.21. The highest BCUT2D eigenvalue weighted by Crippen LogP contribution is 2.38. The molecule has 1 aliphatic heterocycles. The highest BCUT2D eigenvalue weighted by Gasteiger charge is 2.27. The lowest BCUT2D eigenvalue weighted by atomic mass is 10.2. The van der Waals surface area contributed by atoms with Crippen LogP contribution in [-0.4, -0.2) is 27.5 Å². The van der Waals surface area contributed by atoms with Crippen molar-refractivity contribution in [2.24, 2.45) is 0 Å². The first kappa shape index (κ1) is 15.4. The molecule has 0 spiro atoms. The zero-order valence-electron chi connectivity index (χ0n) is 13.4. The second-order valence-corrected chi connectivity index (χ2v) is 7.32. The van der Waals surface area contributed by atoms with Gasteiger partial charge in [-0.25, -0.2) is 4.98 Å². The standard InChI is InChI=1S/C17H19N3O3S/c1-11(24-17-18-6-7-20(17)13-3-4-13)16(21)19-9-12-2-5-14-15(8-12)23-10-22-14/h2,5-8,11,13H,3-4,9-10H2,1H3,(H,19,21)/t11-/m1/s1. The van der Waals surface area contributed by atoms with Crippen LogP contribution in [0.25, 0.3) is 0 Å². The van der Waals surface area contributed by atoms with E-state index in [-0.39, 0.29) is 18.0 Å². The van der Waals surface area contributed by atoms with E-state index in [9.17, 15) is 4.79 Å². The van der Waals surface area contributed by atoms with E-state index in [1.807, 2.05) is 31.3 Å². The van der Waals surface area contributed by atoms with Crippen LogP contribution < -0.4 is 14.8 Å². The van der Waals surface area contributed by atoms with Gasteiger partial charge < -0.3 is 19.4 Å². The first-order chi connectivity index (χ1) is 11.7. The van der Waals surface area contributed by atoms with Gasteiger partial charge in [0.1, 0.15) is 0 Å². The summed E-state index contributed by atoms with van der Waals surface area (Å²) in [4.78, 5) is 16.7. The van der Waals surface area contributed by atoms with Gasteiger partial charge in [0.25, 0.3) is 0 Å². The van der Waals surface area contributed by atoms with E-state index in [2.05, 4.69) is 14.9 Å². The molecule has 7 heteroatoms. The van der Waals surface area contributed by atoms with Crippen molar-refractivity contribution in [1.29, 1.82) is 0 Å². The lowest BCUT2D eigenvalue weighted by molar-refractivity contribution is -0.120. The summed E-state index contributed by atoms with van der Waals surface area (Å²) in [6, 6.07) is 6.28. The molecule has 2 aliphatic rings. The predicted octanol–water partition coefficient (Wildman–Crippen LogP) is 2.74. The SMILES string of the molecule is C[C@@H](Sc1nccn1C1CC1)C(=O)NCc1ccc2c(c1)OCO2. The van der Waals surface area contributed by atoms with Gasteiger partial charge in [0.05, 0.1) is 5.25 Å². The predicted molar refractivity (Wildman–Crippen MR) is 90.2 cm³/mol. The first-order valence-corrected chi connectivity index (χ1v) is 8.94. The Labute approximate surface area is 144 Å². The molecule has 4 rings (SSSR count). The number of amides is 1. The Balaban J connectivity index is 1.33. The van der Waals surface area contributed by atoms with Crippen LogP contribution in [0.1, 0.15) is 31.4 Å². The van der Waals surface area contributed by atoms with E-state index in [1.54, 1.807) is 6.20 Å². The average molecular weight is 345 g/mol. The number of nitrogens with one attached hydrogen (secondary N) is 1. The second kappa shape index (κ2) is 6.39. The molecule has 1 aromatic carbocycles. The van der Waals surface area contributed by atoms with Gasteiger partial charge in [-0.3, -0.25) is 4.79 Å². The fourth-order valence-electron chi connectivity index (χ4n) is 2.62. The van der Waals surface area contributed by atoms with Crippen LogP contribution in [0.2, 0.25) is 0 Å². The summed E-state index contributed by atoms with van der Waals surface area (Å²) < 4.78 is 12.8. The molecule has 24 heavy (non-hydrogen) atoms. The number of fused-ring (bicyclic) bond motifs is 1. The maximum Gasteiger partial charge on any atom is 0.233 e. The number of hydrogen-bond donors (Lipinski definition) is 1. The first-order valence-electron chi connectivity index (χ1n) is 8.06. The van der Waals surface area contributed by atoms with Crippen LogP contribution in [0.15, 0.2) is 35.7 Å². The Morgan fingerprint density at radius 2 is 2.25 bits per heavy atom. The number of benzene rings is 1. The molecular weight excluding hydrogens is 326 g/mol. The van der Waals surface area contributed by atoms with Crippen LogP contribution in [0.4, 0.5) is 0 Å². The fraction of sp³-hybridized carbons (Fsp3) is 0.412. The van der Waals surface area contributed by atoms with Gasteiger partial charge in [-0.05, 0) is 37.5 Å². The maximum atomic E-state index is 12.3. The number of hydrogen-bond acceptors (Lipinski definition) is 5. The van der Waals surface area contributed by atoms with Gasteiger partial charge >= 0.3 is 0 Å². The van der Waals surface area contributed by atoms with Crippen LogP contribution in [0, 0.1) is 0 Å². The molecule has 2 heterocycles. The number of carbonyl (C=O) groups excluding carboxylic acids is 1. The highest BCUT2D eigenvalue weighted by atomic mass is 32.2. The van der Waals surface area contributed by atoms with Crippen molar-refractivity contribution in [3.05, 3.63) is 36.2 Å². The van der Waals surface area contributed by atoms with E-state index in [0.29, 0.717) is 12.6 Å². The number of aromatic nitrogens is 2. The second-order valence-electron chi connectivity index (χ2n) is 6.01. The van der Waals surface area contributed by atoms with Crippen molar-refractivity contribution in [3.8, 4) is 11.5 Å². The van der Waals surface area contributed by atoms with Crippen LogP contribution in [0.5, 0.6) is 11.5 Å². The van der Waals surface area contributed by atoms with E-state index in [0.717, 1.165) is 22.2 Å². The number of rotatable bonds is 6. The van der Waals surface area contributed by atoms with Gasteiger partial charge in [0.15, 0.2) is 16.7 Å². The molecule has 1 aliphatic carbocycles. The molecule has 6 nitrogen and oxygen atoms in total. The minimum absolute atomic E-state index is 0.00279. The van der Waals surface area contributed by atoms with Gasteiger partial charge in [-0.2, -0.15) is 0 Å². The summed E-state index contributed by atoms with van der Waals surface area (Å²) in [6.45, 7) is 2.63. The van der Waals surface area contributed by atoms with E-state index < -0.39 is 0 Å². The van der Waals surface area contributed by atoms with Crippen LogP contribution in [-0.2, 0) is 11.3 Å². The van der Waals surface area contributed by atoms with Crippen molar-refractivity contribution in [2.45, 2.75) is 42.8 Å². The third kappa shape index (κ3) is 3.21. The smallest absolute Gasteiger partial charge is 0.233 e. The lowest BCUT2D eigenvalue weighted by Crippen LogP contribution is -2.30. The number of nitrogens with zero attached hydrogens (tertiary/aromatic N) is 2. The molecule has 126 valence electrons. The molecule has 1 N–H and O–H groups in total. The monoisotopic (exact) mass is 345 g/mol. The Hall–Kier alpha value is -2.15. The third-order valence-electron chi connectivity index (χ3n) is 4.13. The Kier molecular flexibility index (Phi) is 4.10. The fourth-order valence-corrected chi connectivity index (χ4v) is 3.58. The summed E-state index contributed by atoms with van der Waals surface area (Å²) >= 11 is 1.50. The molecule has 0 bridgehead atoms. The lowest BCUT2D eigenvalue weighted by Gasteiger charge is -2.13. The van der Waals surface area contributed by atoms with Gasteiger partial charge in [0.2, 0.25) is 12.7 Å². The van der Waals surface area contributed by atoms with E-state index in [4.69, 9.17) is 9.47 Å². The van der Waals surface area contributed by atoms with Gasteiger partial charge in [0, 0.05) is 25.0 Å². The molecular formula is C17H19N3O3S. The van der Waals surface area contributed by atoms with E-state index in [1.165, 1.54) is 24.6 Å². The zero-order chi connectivity index (χ0) is 16.5. The summed E-state index contributed by atoms with van der Waals surface area (Å²) in [5.41, 5.74) is 0.990. The molecule has 1 saturated carbocycles. The number of imidazole rings is 1. The molecule has 1 atom stereocenters. The van der Waals surface area contributed by atoms with E-state index >= 15 is 0 Å². The number of ether oxygens (including phenoxy) is 2. The molecule has 0 radical (unpaired) electrons. The molecule has 1 amide bonds. The van der Waals surface area contributed by atoms with Gasteiger partial charge in [-0.1, -0.05) is 17.8 Å². The van der Waals surface area contributed by atoms with Crippen molar-refractivity contribution >= 4 is 17.7 Å². The number of thioether (sulfide) groups is 1. The Morgan fingerprint density at radius 1 is 1.42 bits per heavy atom. The van der Waals surface area contributed by atoms with Gasteiger partial charge in [-0.15, -0.1) is 0 Å². The average Bonchev–Trinajstić information content (AvgIpc) is 3.14. The van der Waals surface area contributed by atoms with Crippen molar-refractivity contribution in [2.75, 3.05) is 6.79 Å². The quantitative estimate of drug-likeness (QED) is 0.816. The van der Waals surface area contributed by atoms with Crippen molar-refractivity contribution < 1.29 is 14.3 Å². The van der Waals surface area contributed by atoms with Crippen molar-refractivity contribution in [3.63, 3.8) is 0 Å². The summed E-state index contributed by atoms with van der Waals surface area (Å²) in [5, 5.41) is 3.70.